The maximum absolute atomic E-state index is 13.4. The fourth-order valence-corrected chi connectivity index (χ4v) is 3.15. The van der Waals surface area contributed by atoms with Crippen LogP contribution >= 0.6 is 23.1 Å². The van der Waals surface area contributed by atoms with Crippen molar-refractivity contribution in [3.05, 3.63) is 52.7 Å². The number of oxime groups is 1. The molecule has 0 aliphatic carbocycles. The molecule has 0 radical (unpaired) electrons. The highest BCUT2D eigenvalue weighted by Gasteiger charge is 2.05. The number of halogens is 1. The van der Waals surface area contributed by atoms with Crippen molar-refractivity contribution in [1.82, 2.24) is 0 Å². The van der Waals surface area contributed by atoms with Gasteiger partial charge in [-0.3, -0.25) is 0 Å². The summed E-state index contributed by atoms with van der Waals surface area (Å²) in [6.07, 6.45) is 0. The molecule has 6 heteroatoms. The topological polar surface area (TPSA) is 58.6 Å². The monoisotopic (exact) mass is 282 g/mol. The van der Waals surface area contributed by atoms with E-state index in [9.17, 15) is 4.39 Å². The Kier molecular flexibility index (Phi) is 4.22. The van der Waals surface area contributed by atoms with Gasteiger partial charge >= 0.3 is 0 Å². The van der Waals surface area contributed by atoms with Crippen LogP contribution in [0.5, 0.6) is 0 Å². The molecule has 1 aromatic carbocycles. The molecule has 18 heavy (non-hydrogen) atoms. The van der Waals surface area contributed by atoms with Crippen LogP contribution < -0.4 is 5.73 Å². The predicted octanol–water partition coefficient (Wildman–Crippen LogP) is 3.27. The van der Waals surface area contributed by atoms with Gasteiger partial charge in [-0.25, -0.2) is 4.39 Å². The Balaban J connectivity index is 2.15. The lowest BCUT2D eigenvalue weighted by molar-refractivity contribution is 0.318. The number of nitrogens with two attached hydrogens (primary N) is 1. The third kappa shape index (κ3) is 3.24. The molecule has 3 N–H and O–H groups in total. The van der Waals surface area contributed by atoms with Crippen LogP contribution in [0.25, 0.3) is 0 Å². The predicted molar refractivity (Wildman–Crippen MR) is 72.8 cm³/mol. The molecule has 0 saturated carbocycles. The highest BCUT2D eigenvalue weighted by atomic mass is 32.2. The lowest BCUT2D eigenvalue weighted by Gasteiger charge is -2.04. The normalized spacial score (nSPS) is 11.7. The Morgan fingerprint density at radius 2 is 2.28 bits per heavy atom. The third-order valence-electron chi connectivity index (χ3n) is 2.24. The minimum atomic E-state index is -0.388. The van der Waals surface area contributed by atoms with Gasteiger partial charge in [-0.2, -0.15) is 0 Å². The van der Waals surface area contributed by atoms with Gasteiger partial charge in [0.2, 0.25) is 0 Å². The zero-order valence-corrected chi connectivity index (χ0v) is 11.0. The maximum Gasteiger partial charge on any atom is 0.170 e. The third-order valence-corrected chi connectivity index (χ3v) is 4.44. The summed E-state index contributed by atoms with van der Waals surface area (Å²) in [5.41, 5.74) is 6.64. The Labute approximate surface area is 112 Å². The van der Waals surface area contributed by atoms with E-state index in [0.717, 1.165) is 5.56 Å². The zero-order chi connectivity index (χ0) is 13.0. The molecule has 0 aliphatic rings. The number of benzene rings is 1. The highest BCUT2D eigenvalue weighted by molar-refractivity contribution is 8.00. The molecule has 2 aromatic rings. The van der Waals surface area contributed by atoms with Gasteiger partial charge in [-0.1, -0.05) is 11.2 Å². The zero-order valence-electron chi connectivity index (χ0n) is 9.34. The van der Waals surface area contributed by atoms with Crippen molar-refractivity contribution >= 4 is 28.9 Å². The minimum absolute atomic E-state index is 0.0862. The first-order valence-electron chi connectivity index (χ1n) is 5.12. The quantitative estimate of drug-likeness (QED) is 0.297. The fraction of sp³-hybridized carbons (Fsp3) is 0.0833. The number of nitrogens with zero attached hydrogens (tertiary/aromatic N) is 1. The van der Waals surface area contributed by atoms with E-state index >= 15 is 0 Å². The van der Waals surface area contributed by atoms with Gasteiger partial charge in [0.1, 0.15) is 5.82 Å². The second-order valence-electron chi connectivity index (χ2n) is 3.55. The van der Waals surface area contributed by atoms with Crippen molar-refractivity contribution in [3.63, 3.8) is 0 Å². The van der Waals surface area contributed by atoms with Crippen LogP contribution in [-0.4, -0.2) is 11.0 Å². The van der Waals surface area contributed by atoms with E-state index in [1.165, 1.54) is 16.3 Å². The van der Waals surface area contributed by atoms with Gasteiger partial charge in [-0.15, -0.1) is 23.1 Å². The first-order chi connectivity index (χ1) is 8.69. The summed E-state index contributed by atoms with van der Waals surface area (Å²) >= 11 is 3.27. The van der Waals surface area contributed by atoms with Crippen molar-refractivity contribution in [3.8, 4) is 0 Å². The molecule has 0 fully saturated rings. The summed E-state index contributed by atoms with van der Waals surface area (Å²) in [6.45, 7) is 0. The van der Waals surface area contributed by atoms with Crippen LogP contribution in [0.15, 0.2) is 45.1 Å². The van der Waals surface area contributed by atoms with Gasteiger partial charge in [0, 0.05) is 11.3 Å². The van der Waals surface area contributed by atoms with E-state index in [4.69, 9.17) is 10.9 Å². The largest absolute Gasteiger partial charge is 0.409 e. The lowest BCUT2D eigenvalue weighted by atomic mass is 10.1. The average molecular weight is 282 g/mol. The second-order valence-corrected chi connectivity index (χ2v) is 5.78. The first-order valence-corrected chi connectivity index (χ1v) is 6.99. The standard InChI is InChI=1S/C12H11FN2OS2/c13-10-5-8(4-9(6-10)12(14)15-16)7-18-11-2-1-3-17-11/h1-6,16H,7H2,(H2,14,15). The number of hydrogen-bond acceptors (Lipinski definition) is 4. The van der Waals surface area contributed by atoms with Gasteiger partial charge in [0.15, 0.2) is 5.84 Å². The van der Waals surface area contributed by atoms with E-state index in [0.29, 0.717) is 11.3 Å². The maximum atomic E-state index is 13.4. The minimum Gasteiger partial charge on any atom is -0.409 e. The van der Waals surface area contributed by atoms with Gasteiger partial charge < -0.3 is 10.9 Å². The Bertz CT molecular complexity index is 555. The molecule has 94 valence electrons. The van der Waals surface area contributed by atoms with E-state index in [-0.39, 0.29) is 11.7 Å². The summed E-state index contributed by atoms with van der Waals surface area (Å²) in [4.78, 5) is 0. The summed E-state index contributed by atoms with van der Waals surface area (Å²) in [5, 5.41) is 13.5. The molecule has 1 aromatic heterocycles. The number of hydrogen-bond donors (Lipinski definition) is 2. The highest BCUT2D eigenvalue weighted by Crippen LogP contribution is 2.27. The van der Waals surface area contributed by atoms with E-state index in [1.54, 1.807) is 29.2 Å². The van der Waals surface area contributed by atoms with Crippen molar-refractivity contribution in [2.75, 3.05) is 0 Å². The number of thioether (sulfide) groups is 1. The molecule has 0 aliphatic heterocycles. The molecular formula is C12H11FN2OS2. The van der Waals surface area contributed by atoms with Crippen LogP contribution in [0.4, 0.5) is 4.39 Å². The van der Waals surface area contributed by atoms with Crippen LogP contribution in [0.2, 0.25) is 0 Å². The number of thiophene rings is 1. The molecule has 1 heterocycles. The molecule has 0 spiro atoms. The van der Waals surface area contributed by atoms with Crippen LogP contribution in [-0.2, 0) is 5.75 Å². The second kappa shape index (κ2) is 5.88. The van der Waals surface area contributed by atoms with Crippen LogP contribution in [0, 0.1) is 5.82 Å². The summed E-state index contributed by atoms with van der Waals surface area (Å²) in [7, 11) is 0. The van der Waals surface area contributed by atoms with Crippen molar-refractivity contribution < 1.29 is 9.60 Å². The fourth-order valence-electron chi connectivity index (χ4n) is 1.44. The van der Waals surface area contributed by atoms with E-state index in [1.807, 2.05) is 17.5 Å². The van der Waals surface area contributed by atoms with Gasteiger partial charge in [-0.05, 0) is 35.2 Å². The summed E-state index contributed by atoms with van der Waals surface area (Å²) < 4.78 is 14.6. The Hall–Kier alpha value is -1.53. The van der Waals surface area contributed by atoms with Crippen molar-refractivity contribution in [2.45, 2.75) is 9.96 Å². The van der Waals surface area contributed by atoms with Crippen molar-refractivity contribution in [1.29, 1.82) is 0 Å². The van der Waals surface area contributed by atoms with Gasteiger partial charge in [0.05, 0.1) is 4.21 Å². The Morgan fingerprint density at radius 1 is 1.44 bits per heavy atom. The number of rotatable bonds is 4. The smallest absolute Gasteiger partial charge is 0.170 e. The lowest BCUT2D eigenvalue weighted by Crippen LogP contribution is -2.13. The molecular weight excluding hydrogens is 271 g/mol. The van der Waals surface area contributed by atoms with Crippen LogP contribution in [0.3, 0.4) is 0 Å². The van der Waals surface area contributed by atoms with Crippen LogP contribution in [0.1, 0.15) is 11.1 Å². The van der Waals surface area contributed by atoms with Gasteiger partial charge in [0.25, 0.3) is 0 Å². The molecule has 2 rings (SSSR count). The number of amidine groups is 1. The van der Waals surface area contributed by atoms with E-state index < -0.39 is 0 Å². The molecule has 0 unspecified atom stereocenters. The molecule has 0 bridgehead atoms. The Morgan fingerprint density at radius 3 is 2.94 bits per heavy atom. The van der Waals surface area contributed by atoms with E-state index in [2.05, 4.69) is 5.16 Å². The first kappa shape index (κ1) is 12.9. The summed E-state index contributed by atoms with van der Waals surface area (Å²) in [5.74, 6) is 0.169. The molecule has 0 atom stereocenters. The molecule has 3 nitrogen and oxygen atoms in total. The average Bonchev–Trinajstić information content (AvgIpc) is 2.88. The molecule has 0 saturated heterocycles. The summed E-state index contributed by atoms with van der Waals surface area (Å²) in [6, 6.07) is 8.40. The van der Waals surface area contributed by atoms with Crippen molar-refractivity contribution in [2.24, 2.45) is 10.9 Å². The SMILES string of the molecule is N/C(=N/O)c1cc(F)cc(CSc2cccs2)c1. The molecule has 0 amide bonds.